The van der Waals surface area contributed by atoms with Gasteiger partial charge in [0.2, 0.25) is 11.8 Å². The molecule has 2 aromatic carbocycles. The number of benzene rings is 2. The van der Waals surface area contributed by atoms with Gasteiger partial charge >= 0.3 is 0 Å². The van der Waals surface area contributed by atoms with E-state index in [0.717, 1.165) is 28.1 Å². The van der Waals surface area contributed by atoms with Crippen molar-refractivity contribution in [2.45, 2.75) is 26.8 Å². The molecule has 1 N–H and O–H groups in total. The number of ether oxygens (including phenoxy) is 1. The van der Waals surface area contributed by atoms with Gasteiger partial charge < -0.3 is 15.0 Å². The van der Waals surface area contributed by atoms with Crippen LogP contribution in [0.15, 0.2) is 42.5 Å². The Kier molecular flexibility index (Phi) is 5.26. The van der Waals surface area contributed by atoms with Crippen LogP contribution in [0, 0.1) is 19.8 Å². The molecule has 2 aromatic rings. The average Bonchev–Trinajstić information content (AvgIpc) is 3.01. The molecule has 0 saturated carbocycles. The minimum Gasteiger partial charge on any atom is -0.497 e. The highest BCUT2D eigenvalue weighted by Crippen LogP contribution is 2.30. The molecule has 0 spiro atoms. The first-order chi connectivity index (χ1) is 12.5. The molecule has 1 aliphatic rings. The molecule has 0 aromatic heterocycles. The average molecular weight is 352 g/mol. The number of methoxy groups -OCH3 is 1. The molecule has 3 rings (SSSR count). The summed E-state index contributed by atoms with van der Waals surface area (Å²) in [7, 11) is 1.62. The van der Waals surface area contributed by atoms with E-state index in [2.05, 4.69) is 5.32 Å². The molecule has 0 aliphatic carbocycles. The predicted octanol–water partition coefficient (Wildman–Crippen LogP) is 2.98. The predicted molar refractivity (Wildman–Crippen MR) is 101 cm³/mol. The zero-order chi connectivity index (χ0) is 18.7. The number of hydrogen-bond donors (Lipinski definition) is 1. The van der Waals surface area contributed by atoms with E-state index in [-0.39, 0.29) is 24.2 Å². The monoisotopic (exact) mass is 352 g/mol. The molecule has 5 nitrogen and oxygen atoms in total. The van der Waals surface area contributed by atoms with Crippen molar-refractivity contribution in [3.05, 3.63) is 59.2 Å². The zero-order valence-corrected chi connectivity index (χ0v) is 15.4. The summed E-state index contributed by atoms with van der Waals surface area (Å²) in [6.07, 6.45) is 0.252. The summed E-state index contributed by atoms with van der Waals surface area (Å²) >= 11 is 0. The Balaban J connectivity index is 1.63. The SMILES string of the molecule is COc1ccc(CNC(=O)C2CC(=O)N(c3c(C)cccc3C)C2)cc1. The fraction of sp³-hybridized carbons (Fsp3) is 0.333. The standard InChI is InChI=1S/C21H24N2O3/c1-14-5-4-6-15(2)20(14)23-13-17(11-19(23)24)21(25)22-12-16-7-9-18(26-3)10-8-16/h4-10,17H,11-13H2,1-3H3,(H,22,25). The van der Waals surface area contributed by atoms with Crippen molar-refractivity contribution in [1.82, 2.24) is 5.32 Å². The molecule has 5 heteroatoms. The van der Waals surface area contributed by atoms with Crippen LogP contribution in [0.1, 0.15) is 23.1 Å². The second kappa shape index (κ2) is 7.60. The fourth-order valence-corrected chi connectivity index (χ4v) is 3.41. The Morgan fingerprint density at radius 3 is 2.42 bits per heavy atom. The van der Waals surface area contributed by atoms with Gasteiger partial charge in [0.05, 0.1) is 13.0 Å². The topological polar surface area (TPSA) is 58.6 Å². The van der Waals surface area contributed by atoms with Gasteiger partial charge in [0, 0.05) is 25.2 Å². The third kappa shape index (κ3) is 3.72. The highest BCUT2D eigenvalue weighted by molar-refractivity contribution is 6.01. The highest BCUT2D eigenvalue weighted by Gasteiger charge is 2.36. The Hall–Kier alpha value is -2.82. The number of amides is 2. The lowest BCUT2D eigenvalue weighted by atomic mass is 10.1. The van der Waals surface area contributed by atoms with Crippen molar-refractivity contribution < 1.29 is 14.3 Å². The number of para-hydroxylation sites is 1. The van der Waals surface area contributed by atoms with Crippen LogP contribution in [0.2, 0.25) is 0 Å². The number of rotatable bonds is 5. The van der Waals surface area contributed by atoms with Crippen molar-refractivity contribution >= 4 is 17.5 Å². The van der Waals surface area contributed by atoms with Crippen LogP contribution in [0.25, 0.3) is 0 Å². The molecule has 1 unspecified atom stereocenters. The number of carbonyl (C=O) groups excluding carboxylic acids is 2. The van der Waals surface area contributed by atoms with Crippen LogP contribution in [-0.2, 0) is 16.1 Å². The van der Waals surface area contributed by atoms with Gasteiger partial charge in [-0.2, -0.15) is 0 Å². The van der Waals surface area contributed by atoms with Gasteiger partial charge in [0.1, 0.15) is 5.75 Å². The van der Waals surface area contributed by atoms with E-state index in [9.17, 15) is 9.59 Å². The number of hydrogen-bond acceptors (Lipinski definition) is 3. The largest absolute Gasteiger partial charge is 0.497 e. The number of anilines is 1. The maximum atomic E-state index is 12.5. The van der Waals surface area contributed by atoms with Gasteiger partial charge in [-0.05, 0) is 42.7 Å². The van der Waals surface area contributed by atoms with E-state index in [1.807, 2.05) is 56.3 Å². The Morgan fingerprint density at radius 2 is 1.81 bits per heavy atom. The summed E-state index contributed by atoms with van der Waals surface area (Å²) in [5.41, 5.74) is 4.04. The first-order valence-electron chi connectivity index (χ1n) is 8.77. The van der Waals surface area contributed by atoms with E-state index >= 15 is 0 Å². The second-order valence-corrected chi connectivity index (χ2v) is 6.71. The first-order valence-corrected chi connectivity index (χ1v) is 8.77. The van der Waals surface area contributed by atoms with Crippen LogP contribution >= 0.6 is 0 Å². The van der Waals surface area contributed by atoms with Gasteiger partial charge in [-0.3, -0.25) is 9.59 Å². The van der Waals surface area contributed by atoms with Crippen LogP contribution in [-0.4, -0.2) is 25.5 Å². The van der Waals surface area contributed by atoms with Crippen molar-refractivity contribution in [3.8, 4) is 5.75 Å². The van der Waals surface area contributed by atoms with Crippen LogP contribution in [0.4, 0.5) is 5.69 Å². The van der Waals surface area contributed by atoms with Gasteiger partial charge in [0.15, 0.2) is 0 Å². The van der Waals surface area contributed by atoms with Crippen molar-refractivity contribution in [2.75, 3.05) is 18.6 Å². The third-order valence-electron chi connectivity index (χ3n) is 4.83. The maximum absolute atomic E-state index is 12.5. The molecule has 0 radical (unpaired) electrons. The Labute approximate surface area is 154 Å². The van der Waals surface area contributed by atoms with Gasteiger partial charge in [-0.1, -0.05) is 30.3 Å². The normalized spacial score (nSPS) is 16.7. The maximum Gasteiger partial charge on any atom is 0.227 e. The van der Waals surface area contributed by atoms with Crippen molar-refractivity contribution in [1.29, 1.82) is 0 Å². The van der Waals surface area contributed by atoms with E-state index in [0.29, 0.717) is 13.1 Å². The molecule has 1 heterocycles. The molecule has 1 saturated heterocycles. The van der Waals surface area contributed by atoms with Crippen molar-refractivity contribution in [2.24, 2.45) is 5.92 Å². The third-order valence-corrected chi connectivity index (χ3v) is 4.83. The molecule has 1 atom stereocenters. The fourth-order valence-electron chi connectivity index (χ4n) is 3.41. The smallest absolute Gasteiger partial charge is 0.227 e. The minimum atomic E-state index is -0.320. The van der Waals surface area contributed by atoms with Gasteiger partial charge in [-0.25, -0.2) is 0 Å². The number of carbonyl (C=O) groups is 2. The van der Waals surface area contributed by atoms with E-state index in [4.69, 9.17) is 4.74 Å². The molecule has 1 aliphatic heterocycles. The van der Waals surface area contributed by atoms with E-state index in [1.54, 1.807) is 12.0 Å². The molecule has 1 fully saturated rings. The van der Waals surface area contributed by atoms with Crippen LogP contribution in [0.5, 0.6) is 5.75 Å². The summed E-state index contributed by atoms with van der Waals surface area (Å²) in [5, 5.41) is 2.94. The molecule has 0 bridgehead atoms. The summed E-state index contributed by atoms with van der Waals surface area (Å²) < 4.78 is 5.13. The Bertz CT molecular complexity index is 794. The van der Waals surface area contributed by atoms with Gasteiger partial charge in [-0.15, -0.1) is 0 Å². The Morgan fingerprint density at radius 1 is 1.15 bits per heavy atom. The highest BCUT2D eigenvalue weighted by atomic mass is 16.5. The molecule has 2 amide bonds. The summed E-state index contributed by atoms with van der Waals surface area (Å²) in [4.78, 5) is 26.7. The summed E-state index contributed by atoms with van der Waals surface area (Å²) in [6.45, 7) is 4.86. The molecular weight excluding hydrogens is 328 g/mol. The lowest BCUT2D eigenvalue weighted by Gasteiger charge is -2.21. The molecular formula is C21H24N2O3. The molecule has 26 heavy (non-hydrogen) atoms. The summed E-state index contributed by atoms with van der Waals surface area (Å²) in [5.74, 6) is 0.389. The number of aryl methyl sites for hydroxylation is 2. The van der Waals surface area contributed by atoms with Crippen LogP contribution in [0.3, 0.4) is 0 Å². The van der Waals surface area contributed by atoms with E-state index in [1.165, 1.54) is 0 Å². The first kappa shape index (κ1) is 18.0. The van der Waals surface area contributed by atoms with Crippen molar-refractivity contribution in [3.63, 3.8) is 0 Å². The zero-order valence-electron chi connectivity index (χ0n) is 15.4. The minimum absolute atomic E-state index is 0.00648. The lowest BCUT2D eigenvalue weighted by Crippen LogP contribution is -2.33. The van der Waals surface area contributed by atoms with Crippen LogP contribution < -0.4 is 15.0 Å². The van der Waals surface area contributed by atoms with E-state index < -0.39 is 0 Å². The van der Waals surface area contributed by atoms with Gasteiger partial charge in [0.25, 0.3) is 0 Å². The number of nitrogens with one attached hydrogen (secondary N) is 1. The second-order valence-electron chi connectivity index (χ2n) is 6.71. The number of nitrogens with zero attached hydrogens (tertiary/aromatic N) is 1. The quantitative estimate of drug-likeness (QED) is 0.900. The lowest BCUT2D eigenvalue weighted by molar-refractivity contribution is -0.126. The molecule has 136 valence electrons. The summed E-state index contributed by atoms with van der Waals surface area (Å²) in [6, 6.07) is 13.5.